The highest BCUT2D eigenvalue weighted by Crippen LogP contribution is 2.31. The summed E-state index contributed by atoms with van der Waals surface area (Å²) in [5, 5.41) is 6.26. The largest absolute Gasteiger partial charge is 0.439 e. The number of nitrogens with two attached hydrogens (primary N) is 1. The smallest absolute Gasteiger partial charge is 0.417 e. The molecule has 0 bridgehead atoms. The number of pyridine rings is 1. The van der Waals surface area contributed by atoms with Crippen molar-refractivity contribution in [3.63, 3.8) is 0 Å². The molecule has 0 aliphatic carbocycles. The minimum Gasteiger partial charge on any atom is -0.439 e. The summed E-state index contributed by atoms with van der Waals surface area (Å²) in [6.45, 7) is 2.93. The third kappa shape index (κ3) is 5.67. The summed E-state index contributed by atoms with van der Waals surface area (Å²) in [4.78, 5) is 20.7. The van der Waals surface area contributed by atoms with Gasteiger partial charge < -0.3 is 25.8 Å². The lowest BCUT2D eigenvalue weighted by Crippen LogP contribution is -2.44. The van der Waals surface area contributed by atoms with E-state index in [2.05, 4.69) is 16.7 Å². The molecule has 0 radical (unpaired) electrons. The van der Waals surface area contributed by atoms with E-state index in [1.54, 1.807) is 24.4 Å². The summed E-state index contributed by atoms with van der Waals surface area (Å²) in [5.41, 5.74) is 6.77. The van der Waals surface area contributed by atoms with E-state index in [9.17, 15) is 22.4 Å². The number of likely N-dealkylation sites (tertiary alicyclic amines) is 1. The van der Waals surface area contributed by atoms with Crippen molar-refractivity contribution in [3.05, 3.63) is 53.9 Å². The van der Waals surface area contributed by atoms with Crippen molar-refractivity contribution < 1.29 is 27.1 Å². The molecular formula is C22H23F4N5O2. The summed E-state index contributed by atoms with van der Waals surface area (Å²) < 4.78 is 57.0. The normalized spacial score (nSPS) is 16.9. The first kappa shape index (κ1) is 24.2. The van der Waals surface area contributed by atoms with Gasteiger partial charge in [0.25, 0.3) is 0 Å². The number of halogens is 4. The van der Waals surface area contributed by atoms with Crippen LogP contribution >= 0.6 is 0 Å². The molecule has 176 valence electrons. The minimum absolute atomic E-state index is 0.0196. The van der Waals surface area contributed by atoms with Crippen LogP contribution in [-0.4, -0.2) is 52.8 Å². The van der Waals surface area contributed by atoms with Crippen LogP contribution in [0.5, 0.6) is 11.6 Å². The lowest BCUT2D eigenvalue weighted by molar-refractivity contribution is -0.137. The van der Waals surface area contributed by atoms with Crippen molar-refractivity contribution in [2.75, 3.05) is 13.1 Å². The first-order valence-corrected chi connectivity index (χ1v) is 10.1. The standard InChI is InChI=1S/C21H20F4N4O2.CH3N/c22-14-5-6-29(11-14)20(30)17(26)7-12-9-27-18-3-2-15(8-16(12)18)31-19-4-1-13(10-28-19)21(23,24)25;1-2/h1-4,8-10,14,17,27H,5-7,11,26H2;2H,1H2. The van der Waals surface area contributed by atoms with Gasteiger partial charge >= 0.3 is 6.18 Å². The topological polar surface area (TPSA) is 108 Å². The van der Waals surface area contributed by atoms with Gasteiger partial charge in [-0.2, -0.15) is 13.2 Å². The molecule has 1 saturated heterocycles. The molecule has 33 heavy (non-hydrogen) atoms. The number of rotatable bonds is 5. The minimum atomic E-state index is -4.47. The fraction of sp³-hybridized carbons (Fsp3) is 0.318. The van der Waals surface area contributed by atoms with Crippen molar-refractivity contribution in [1.82, 2.24) is 14.9 Å². The molecule has 1 aliphatic rings. The number of carbonyl (C=O) groups excluding carboxylic acids is 1. The fourth-order valence-electron chi connectivity index (χ4n) is 3.60. The number of amides is 1. The second-order valence-corrected chi connectivity index (χ2v) is 7.49. The van der Waals surface area contributed by atoms with Gasteiger partial charge in [0.05, 0.1) is 18.2 Å². The number of nitrogens with zero attached hydrogens (tertiary/aromatic N) is 2. The van der Waals surface area contributed by atoms with Gasteiger partial charge in [0, 0.05) is 35.9 Å². The lowest BCUT2D eigenvalue weighted by Gasteiger charge is -2.20. The van der Waals surface area contributed by atoms with Crippen LogP contribution in [0.1, 0.15) is 17.5 Å². The Bertz CT molecular complexity index is 1100. The molecule has 11 heteroatoms. The Morgan fingerprint density at radius 2 is 2.09 bits per heavy atom. The van der Waals surface area contributed by atoms with Gasteiger partial charge in [-0.1, -0.05) is 0 Å². The fourth-order valence-corrected chi connectivity index (χ4v) is 3.60. The Morgan fingerprint density at radius 3 is 2.70 bits per heavy atom. The molecule has 1 fully saturated rings. The number of hydrogen-bond acceptors (Lipinski definition) is 5. The average Bonchev–Trinajstić information content (AvgIpc) is 3.40. The van der Waals surface area contributed by atoms with Crippen molar-refractivity contribution in [3.8, 4) is 11.6 Å². The zero-order valence-corrected chi connectivity index (χ0v) is 17.5. The molecule has 7 nitrogen and oxygen atoms in total. The van der Waals surface area contributed by atoms with Gasteiger partial charge in [0.2, 0.25) is 11.8 Å². The number of nitrogens with one attached hydrogen (secondary N) is 2. The predicted octanol–water partition coefficient (Wildman–Crippen LogP) is 4.08. The zero-order valence-electron chi connectivity index (χ0n) is 17.5. The molecule has 0 spiro atoms. The second-order valence-electron chi connectivity index (χ2n) is 7.49. The van der Waals surface area contributed by atoms with Crippen LogP contribution in [0, 0.1) is 5.41 Å². The molecule has 3 aromatic rings. The maximum atomic E-state index is 13.4. The van der Waals surface area contributed by atoms with Crippen LogP contribution in [-0.2, 0) is 17.4 Å². The van der Waals surface area contributed by atoms with Crippen LogP contribution in [0.4, 0.5) is 17.6 Å². The number of aromatic amines is 1. The van der Waals surface area contributed by atoms with Gasteiger partial charge in [-0.05, 0) is 49.4 Å². The Balaban J connectivity index is 0.00000149. The number of H-pyrrole nitrogens is 1. The van der Waals surface area contributed by atoms with Gasteiger partial charge in [-0.15, -0.1) is 0 Å². The zero-order chi connectivity index (χ0) is 24.2. The molecule has 1 amide bonds. The highest BCUT2D eigenvalue weighted by molar-refractivity contribution is 5.87. The number of ether oxygens (including phenoxy) is 1. The second kappa shape index (κ2) is 9.99. The number of aromatic nitrogens is 2. The summed E-state index contributed by atoms with van der Waals surface area (Å²) in [5.74, 6) is 0.0994. The van der Waals surface area contributed by atoms with Crippen molar-refractivity contribution in [2.24, 2.45) is 5.73 Å². The molecular weight excluding hydrogens is 442 g/mol. The van der Waals surface area contributed by atoms with Gasteiger partial charge in [-0.3, -0.25) is 4.79 Å². The quantitative estimate of drug-likeness (QED) is 0.390. The van der Waals surface area contributed by atoms with E-state index in [0.717, 1.165) is 28.6 Å². The molecule has 2 atom stereocenters. The summed E-state index contributed by atoms with van der Waals surface area (Å²) in [6.07, 6.45) is -2.47. The molecule has 4 N–H and O–H groups in total. The van der Waals surface area contributed by atoms with E-state index in [-0.39, 0.29) is 24.8 Å². The number of hydrogen-bond donors (Lipinski definition) is 3. The molecule has 4 rings (SSSR count). The number of carbonyl (C=O) groups is 1. The van der Waals surface area contributed by atoms with E-state index in [0.29, 0.717) is 24.9 Å². The number of fused-ring (bicyclic) bond motifs is 1. The third-order valence-corrected chi connectivity index (χ3v) is 5.22. The SMILES string of the molecule is C=N.NC(Cc1c[nH]c2ccc(Oc3ccc(C(F)(F)F)cn3)cc12)C(=O)N1CCC(F)C1. The Morgan fingerprint density at radius 1 is 1.33 bits per heavy atom. The summed E-state index contributed by atoms with van der Waals surface area (Å²) in [7, 11) is 0. The summed E-state index contributed by atoms with van der Waals surface area (Å²) in [6, 6.07) is 6.33. The molecule has 2 aromatic heterocycles. The molecule has 3 heterocycles. The molecule has 2 unspecified atom stereocenters. The van der Waals surface area contributed by atoms with Crippen LogP contribution in [0.2, 0.25) is 0 Å². The summed E-state index contributed by atoms with van der Waals surface area (Å²) >= 11 is 0. The highest BCUT2D eigenvalue weighted by Gasteiger charge is 2.31. The number of benzene rings is 1. The van der Waals surface area contributed by atoms with Crippen molar-refractivity contribution >= 4 is 23.5 Å². The van der Waals surface area contributed by atoms with Gasteiger partial charge in [0.1, 0.15) is 11.9 Å². The Labute approximate surface area is 187 Å². The average molecular weight is 465 g/mol. The highest BCUT2D eigenvalue weighted by atomic mass is 19.4. The van der Waals surface area contributed by atoms with Gasteiger partial charge in [-0.25, -0.2) is 9.37 Å². The van der Waals surface area contributed by atoms with Crippen LogP contribution in [0.3, 0.4) is 0 Å². The van der Waals surface area contributed by atoms with Gasteiger partial charge in [0.15, 0.2) is 0 Å². The monoisotopic (exact) mass is 465 g/mol. The van der Waals surface area contributed by atoms with E-state index in [4.69, 9.17) is 15.9 Å². The van der Waals surface area contributed by atoms with E-state index < -0.39 is 24.0 Å². The van der Waals surface area contributed by atoms with E-state index >= 15 is 0 Å². The van der Waals surface area contributed by atoms with E-state index in [1.165, 1.54) is 4.90 Å². The van der Waals surface area contributed by atoms with Crippen molar-refractivity contribution in [2.45, 2.75) is 31.2 Å². The van der Waals surface area contributed by atoms with Crippen molar-refractivity contribution in [1.29, 1.82) is 5.41 Å². The molecule has 1 aliphatic heterocycles. The lowest BCUT2D eigenvalue weighted by atomic mass is 10.0. The molecule has 0 saturated carbocycles. The first-order valence-electron chi connectivity index (χ1n) is 10.1. The Hall–Kier alpha value is -3.47. The molecule has 1 aromatic carbocycles. The Kier molecular flexibility index (Phi) is 7.32. The number of alkyl halides is 4. The van der Waals surface area contributed by atoms with Crippen LogP contribution < -0.4 is 10.5 Å². The maximum Gasteiger partial charge on any atom is 0.417 e. The van der Waals surface area contributed by atoms with E-state index in [1.807, 2.05) is 0 Å². The van der Waals surface area contributed by atoms with Crippen LogP contribution in [0.15, 0.2) is 42.7 Å². The maximum absolute atomic E-state index is 13.4. The predicted molar refractivity (Wildman–Crippen MR) is 115 cm³/mol. The van der Waals surface area contributed by atoms with Crippen LogP contribution in [0.25, 0.3) is 10.9 Å². The third-order valence-electron chi connectivity index (χ3n) is 5.22. The first-order chi connectivity index (χ1) is 15.7.